The number of nitrogens with zero attached hydrogens (tertiary/aromatic N) is 2. The number of fused-ring (bicyclic) bond motifs is 8. The van der Waals surface area contributed by atoms with Crippen molar-refractivity contribution in [3.05, 3.63) is 77.1 Å². The normalized spacial score (nSPS) is 35.5. The topological polar surface area (TPSA) is 222 Å². The highest BCUT2D eigenvalue weighted by atomic mass is 16.7. The van der Waals surface area contributed by atoms with Crippen LogP contribution >= 0.6 is 0 Å². The summed E-state index contributed by atoms with van der Waals surface area (Å²) >= 11 is 0. The zero-order valence-corrected chi connectivity index (χ0v) is 38.6. The molecule has 2 saturated carbocycles. The van der Waals surface area contributed by atoms with E-state index in [1.165, 1.54) is 19.2 Å². The number of β-amino-alcohol motifs (C(OH)–C–C–N with tert-alkyl or cyclic N) is 1. The van der Waals surface area contributed by atoms with Gasteiger partial charge in [-0.25, -0.2) is 14.4 Å². The van der Waals surface area contributed by atoms with E-state index >= 15 is 0 Å². The molecule has 3 aliphatic heterocycles. The van der Waals surface area contributed by atoms with Gasteiger partial charge in [0.2, 0.25) is 0 Å². The highest BCUT2D eigenvalue weighted by molar-refractivity contribution is 5.89. The molecule has 0 radical (unpaired) electrons. The summed E-state index contributed by atoms with van der Waals surface area (Å²) in [6.45, 7) is 16.6. The van der Waals surface area contributed by atoms with Crippen LogP contribution in [-0.4, -0.2) is 141 Å². The smallest absolute Gasteiger partial charge is 0.408 e. The minimum atomic E-state index is -2.10. The average Bonchev–Trinajstić information content (AvgIpc) is 3.62. The predicted molar refractivity (Wildman–Crippen MR) is 230 cm³/mol. The van der Waals surface area contributed by atoms with Crippen molar-refractivity contribution in [1.29, 1.82) is 0 Å². The number of aliphatic hydroxyl groups is 3. The molecule has 1 amide bonds. The summed E-state index contributed by atoms with van der Waals surface area (Å²) in [6.07, 6.45) is -6.77. The number of rotatable bonds is 10. The summed E-state index contributed by atoms with van der Waals surface area (Å²) in [6, 6.07) is 11.8. The van der Waals surface area contributed by atoms with E-state index in [4.69, 9.17) is 33.2 Å². The van der Waals surface area contributed by atoms with Gasteiger partial charge < -0.3 is 53.8 Å². The third-order valence-corrected chi connectivity index (χ3v) is 14.6. The Morgan fingerprint density at radius 1 is 0.985 bits per heavy atom. The summed E-state index contributed by atoms with van der Waals surface area (Å²) in [4.78, 5) is 61.6. The molecule has 17 nitrogen and oxygen atoms in total. The summed E-state index contributed by atoms with van der Waals surface area (Å²) in [7, 11) is 0. The lowest BCUT2D eigenvalue weighted by atomic mass is 9.45. The number of benzene rings is 1. The van der Waals surface area contributed by atoms with Crippen LogP contribution in [0, 0.1) is 16.7 Å². The van der Waals surface area contributed by atoms with Gasteiger partial charge in [-0.15, -0.1) is 0 Å². The van der Waals surface area contributed by atoms with Gasteiger partial charge in [-0.05, 0) is 82.9 Å². The van der Waals surface area contributed by atoms with E-state index in [-0.39, 0.29) is 24.3 Å². The zero-order chi connectivity index (χ0) is 47.1. The number of ether oxygens (including phenoxy) is 7. The second-order valence-corrected chi connectivity index (χ2v) is 20.9. The van der Waals surface area contributed by atoms with E-state index < -0.39 is 112 Å². The number of hydrogen-bond acceptors (Lipinski definition) is 16. The highest BCUT2D eigenvalue weighted by Gasteiger charge is 2.77. The van der Waals surface area contributed by atoms with Crippen LogP contribution in [0.4, 0.5) is 4.79 Å². The molecule has 65 heavy (non-hydrogen) atoms. The molecular weight excluding hydrogens is 843 g/mol. The molecule has 4 N–H and O–H groups in total. The first-order chi connectivity index (χ1) is 30.4. The standard InChI is InChI=1S/C48H63N3O14/c1-26-30(60-41(55)35(53)34(29-17-13-14-20-49-29)50-42(56)65-43(3,4)5)21-48(58)39(63-40(54)28-15-11-10-12-16-28)37-46(9,19-18-31-47(37,25-59-31)64-27(2)52)38-36(33(26)44(48,6)7)61-32(62-38)22-51-23-45(8,57)24-51/h10-17,20,30-32,34-39,53,57-58H,18-19,21-25H2,1-9H3,(H,50,56)/t30-,31+,32+,34-,35+,36+,37-,38+,39-,46+,47-,48+/m0/s1. The second-order valence-electron chi connectivity index (χ2n) is 20.9. The highest BCUT2D eigenvalue weighted by Crippen LogP contribution is 2.66. The Kier molecular flexibility index (Phi) is 12.1. The number of carbonyl (C=O) groups excluding carboxylic acids is 4. The van der Waals surface area contributed by atoms with Gasteiger partial charge in [-0.2, -0.15) is 0 Å². The quantitative estimate of drug-likeness (QED) is 0.151. The van der Waals surface area contributed by atoms with E-state index in [2.05, 4.69) is 10.3 Å². The monoisotopic (exact) mass is 905 g/mol. The molecule has 3 saturated heterocycles. The van der Waals surface area contributed by atoms with Crippen LogP contribution in [0.2, 0.25) is 0 Å². The molecule has 3 aliphatic carbocycles. The Labute approximate surface area is 379 Å². The maximum Gasteiger partial charge on any atom is 0.408 e. The van der Waals surface area contributed by atoms with Crippen LogP contribution in [0.25, 0.3) is 0 Å². The fraction of sp³-hybridized carbons (Fsp3) is 0.646. The maximum atomic E-state index is 14.5. The molecule has 17 heteroatoms. The van der Waals surface area contributed by atoms with Crippen LogP contribution in [0.15, 0.2) is 65.9 Å². The number of carbonyl (C=O) groups is 4. The van der Waals surface area contributed by atoms with Crippen molar-refractivity contribution >= 4 is 24.0 Å². The van der Waals surface area contributed by atoms with Crippen molar-refractivity contribution < 1.29 is 67.7 Å². The molecule has 5 fully saturated rings. The molecule has 354 valence electrons. The minimum Gasteiger partial charge on any atom is -0.456 e. The first-order valence-corrected chi connectivity index (χ1v) is 22.4. The number of esters is 3. The van der Waals surface area contributed by atoms with Crippen LogP contribution in [-0.2, 0) is 42.7 Å². The number of pyridine rings is 1. The molecule has 1 aromatic carbocycles. The first-order valence-electron chi connectivity index (χ1n) is 22.4. The maximum absolute atomic E-state index is 14.5. The van der Waals surface area contributed by atoms with E-state index in [9.17, 15) is 34.5 Å². The summed E-state index contributed by atoms with van der Waals surface area (Å²) < 4.78 is 44.9. The molecule has 8 rings (SSSR count). The van der Waals surface area contributed by atoms with Gasteiger partial charge >= 0.3 is 24.0 Å². The van der Waals surface area contributed by atoms with Gasteiger partial charge in [-0.3, -0.25) is 14.7 Å². The number of aliphatic hydroxyl groups excluding tert-OH is 1. The van der Waals surface area contributed by atoms with Crippen LogP contribution < -0.4 is 5.32 Å². The number of hydrogen-bond donors (Lipinski definition) is 4. The number of likely N-dealkylation sites (tertiary alicyclic amines) is 1. The zero-order valence-electron chi connectivity index (χ0n) is 38.6. The summed E-state index contributed by atoms with van der Waals surface area (Å²) in [5, 5.41) is 38.9. The first kappa shape index (κ1) is 47.0. The fourth-order valence-corrected chi connectivity index (χ4v) is 11.7. The Balaban J connectivity index is 1.26. The van der Waals surface area contributed by atoms with Gasteiger partial charge in [0.1, 0.15) is 41.7 Å². The molecule has 12 atom stereocenters. The lowest BCUT2D eigenvalue weighted by Crippen LogP contribution is -2.79. The second kappa shape index (κ2) is 16.7. The van der Waals surface area contributed by atoms with Crippen molar-refractivity contribution in [3.8, 4) is 0 Å². The summed E-state index contributed by atoms with van der Waals surface area (Å²) in [5.41, 5.74) is -6.18. The molecule has 0 unspecified atom stereocenters. The van der Waals surface area contributed by atoms with Crippen LogP contribution in [0.1, 0.15) is 104 Å². The van der Waals surface area contributed by atoms with E-state index in [1.54, 1.807) is 77.1 Å². The number of alkyl carbamates (subject to hydrolysis) is 1. The van der Waals surface area contributed by atoms with Crippen molar-refractivity contribution in [2.75, 3.05) is 26.2 Å². The van der Waals surface area contributed by atoms with E-state index in [0.717, 1.165) is 0 Å². The third-order valence-electron chi connectivity index (χ3n) is 14.6. The molecule has 4 heterocycles. The molecule has 1 aromatic heterocycles. The fourth-order valence-electron chi connectivity index (χ4n) is 11.7. The molecule has 2 bridgehead atoms. The summed E-state index contributed by atoms with van der Waals surface area (Å²) in [5.74, 6) is -3.45. The average molecular weight is 906 g/mol. The van der Waals surface area contributed by atoms with Gasteiger partial charge in [-0.1, -0.05) is 45.0 Å². The molecular formula is C48H63N3O14. The van der Waals surface area contributed by atoms with Crippen molar-refractivity contribution in [2.45, 2.75) is 153 Å². The predicted octanol–water partition coefficient (Wildman–Crippen LogP) is 3.93. The Morgan fingerprint density at radius 3 is 2.28 bits per heavy atom. The Morgan fingerprint density at radius 2 is 1.68 bits per heavy atom. The van der Waals surface area contributed by atoms with Gasteiger partial charge in [0.05, 0.1) is 35.5 Å². The Hall–Kier alpha value is -4.49. The lowest BCUT2D eigenvalue weighted by Gasteiger charge is -2.68. The Bertz CT molecular complexity index is 2190. The number of aromatic nitrogens is 1. The largest absolute Gasteiger partial charge is 0.456 e. The van der Waals surface area contributed by atoms with Crippen molar-refractivity contribution in [1.82, 2.24) is 15.2 Å². The van der Waals surface area contributed by atoms with E-state index in [0.29, 0.717) is 43.6 Å². The minimum absolute atomic E-state index is 0.0518. The van der Waals surface area contributed by atoms with Gasteiger partial charge in [0.25, 0.3) is 0 Å². The number of nitrogens with one attached hydrogen (secondary N) is 1. The number of amides is 1. The lowest BCUT2D eigenvalue weighted by molar-refractivity contribution is -0.345. The van der Waals surface area contributed by atoms with Gasteiger partial charge in [0.15, 0.2) is 18.0 Å². The molecule has 0 spiro atoms. The SMILES string of the molecule is CC(=O)O[C@@]12CO[C@@H]1CC[C@@]1(C)[C@@H]3O[C@H](CN4CC(C)(O)C4)O[C@@H]3C3=C(C)[C@@H](OC(=O)[C@H](O)[C@@H](NC(=O)OC(C)(C)C)c4ccccn4)C[C@@](O)([C@@H](OC(=O)c4ccccc4)[C@@H]12)C3(C)C. The van der Waals surface area contributed by atoms with E-state index in [1.807, 2.05) is 25.7 Å². The van der Waals surface area contributed by atoms with Crippen LogP contribution in [0.5, 0.6) is 0 Å². The van der Waals surface area contributed by atoms with Gasteiger partial charge in [0, 0.05) is 50.0 Å². The van der Waals surface area contributed by atoms with Crippen LogP contribution in [0.3, 0.4) is 0 Å². The third kappa shape index (κ3) is 8.35. The molecule has 6 aliphatic rings. The molecule has 2 aromatic rings. The van der Waals surface area contributed by atoms with Crippen molar-refractivity contribution in [3.63, 3.8) is 0 Å². The van der Waals surface area contributed by atoms with Crippen molar-refractivity contribution in [2.24, 2.45) is 16.7 Å².